The van der Waals surface area contributed by atoms with Gasteiger partial charge >= 0.3 is 0 Å². The number of carbonyl (C=O) groups is 1. The van der Waals surface area contributed by atoms with Crippen LogP contribution in [0.3, 0.4) is 0 Å². The molecule has 1 aromatic heterocycles. The van der Waals surface area contributed by atoms with E-state index in [2.05, 4.69) is 29.1 Å². The van der Waals surface area contributed by atoms with Crippen LogP contribution in [0.1, 0.15) is 37.6 Å². The molecular weight excluding hydrogens is 366 g/mol. The zero-order valence-corrected chi connectivity index (χ0v) is 17.0. The topological polar surface area (TPSA) is 64.1 Å². The lowest BCUT2D eigenvalue weighted by molar-refractivity contribution is -0.113. The molecule has 1 aliphatic rings. The van der Waals surface area contributed by atoms with Crippen LogP contribution in [0.15, 0.2) is 34.3 Å². The average molecular weight is 390 g/mol. The number of hydrogen-bond donors (Lipinski definition) is 1. The van der Waals surface area contributed by atoms with Gasteiger partial charge in [-0.1, -0.05) is 25.6 Å². The van der Waals surface area contributed by atoms with E-state index >= 15 is 0 Å². The normalized spacial score (nSPS) is 18.5. The van der Waals surface area contributed by atoms with Crippen LogP contribution in [0.4, 0.5) is 5.69 Å². The van der Waals surface area contributed by atoms with Crippen molar-refractivity contribution in [1.29, 1.82) is 0 Å². The first-order chi connectivity index (χ1) is 12.5. The molecule has 138 valence electrons. The van der Waals surface area contributed by atoms with E-state index in [1.165, 1.54) is 17.3 Å². The van der Waals surface area contributed by atoms with E-state index in [9.17, 15) is 4.79 Å². The summed E-state index contributed by atoms with van der Waals surface area (Å²) >= 11 is 3.31. The lowest BCUT2D eigenvalue weighted by Gasteiger charge is -2.15. The van der Waals surface area contributed by atoms with E-state index in [4.69, 9.17) is 4.74 Å². The van der Waals surface area contributed by atoms with Gasteiger partial charge in [0.15, 0.2) is 0 Å². The van der Waals surface area contributed by atoms with Crippen LogP contribution in [-0.4, -0.2) is 34.0 Å². The third kappa shape index (κ3) is 4.15. The van der Waals surface area contributed by atoms with E-state index in [-0.39, 0.29) is 5.91 Å². The maximum absolute atomic E-state index is 12.3. The summed E-state index contributed by atoms with van der Waals surface area (Å²) in [6.45, 7) is 6.34. The number of amides is 1. The monoisotopic (exact) mass is 389 g/mol. The predicted octanol–water partition coefficient (Wildman–Crippen LogP) is 4.51. The Morgan fingerprint density at radius 1 is 1.31 bits per heavy atom. The number of benzene rings is 1. The summed E-state index contributed by atoms with van der Waals surface area (Å²) in [6.07, 6.45) is 1.05. The molecule has 0 unspecified atom stereocenters. The fraction of sp³-hybridized carbons (Fsp3) is 0.421. The molecule has 5 nitrogen and oxygen atoms in total. The Kier molecular flexibility index (Phi) is 6.09. The lowest BCUT2D eigenvalue weighted by atomic mass is 9.96. The van der Waals surface area contributed by atoms with Crippen molar-refractivity contribution >= 4 is 35.1 Å². The highest BCUT2D eigenvalue weighted by Crippen LogP contribution is 2.48. The van der Waals surface area contributed by atoms with Crippen LogP contribution in [0.5, 0.6) is 5.75 Å². The summed E-state index contributed by atoms with van der Waals surface area (Å²) in [5.74, 6) is 2.25. The van der Waals surface area contributed by atoms with Gasteiger partial charge in [-0.15, -0.1) is 11.8 Å². The molecule has 2 heterocycles. The second kappa shape index (κ2) is 8.31. The Balaban J connectivity index is 1.69. The molecule has 0 saturated heterocycles. The van der Waals surface area contributed by atoms with Gasteiger partial charge in [-0.05, 0) is 37.6 Å². The van der Waals surface area contributed by atoms with Gasteiger partial charge in [-0.2, -0.15) is 0 Å². The number of ether oxygens (including phenoxy) is 1. The van der Waals surface area contributed by atoms with Crippen LogP contribution in [0.2, 0.25) is 0 Å². The van der Waals surface area contributed by atoms with Crippen LogP contribution in [0.25, 0.3) is 0 Å². The summed E-state index contributed by atoms with van der Waals surface area (Å²) in [4.78, 5) is 21.6. The van der Waals surface area contributed by atoms with Crippen molar-refractivity contribution in [1.82, 2.24) is 9.97 Å². The highest BCUT2D eigenvalue weighted by Gasteiger charge is 2.33. The average Bonchev–Trinajstić information content (AvgIpc) is 2.95. The molecule has 1 N–H and O–H groups in total. The van der Waals surface area contributed by atoms with Gasteiger partial charge in [0.1, 0.15) is 21.6 Å². The summed E-state index contributed by atoms with van der Waals surface area (Å²) in [5.41, 5.74) is 1.98. The summed E-state index contributed by atoms with van der Waals surface area (Å²) in [7, 11) is 1.62. The van der Waals surface area contributed by atoms with Crippen molar-refractivity contribution in [3.63, 3.8) is 0 Å². The van der Waals surface area contributed by atoms with E-state index in [0.29, 0.717) is 16.9 Å². The van der Waals surface area contributed by atoms with E-state index in [0.717, 1.165) is 33.7 Å². The van der Waals surface area contributed by atoms with Crippen LogP contribution < -0.4 is 10.1 Å². The van der Waals surface area contributed by atoms with Crippen LogP contribution >= 0.6 is 23.5 Å². The zero-order valence-electron chi connectivity index (χ0n) is 15.4. The molecule has 0 fully saturated rings. The van der Waals surface area contributed by atoms with Gasteiger partial charge in [0.05, 0.1) is 12.9 Å². The molecule has 26 heavy (non-hydrogen) atoms. The third-order valence-electron chi connectivity index (χ3n) is 4.38. The van der Waals surface area contributed by atoms with Crippen molar-refractivity contribution in [2.45, 2.75) is 48.4 Å². The maximum Gasteiger partial charge on any atom is 0.234 e. The Morgan fingerprint density at radius 3 is 2.69 bits per heavy atom. The number of aromatic nitrogens is 2. The largest absolute Gasteiger partial charge is 0.497 e. The van der Waals surface area contributed by atoms with Gasteiger partial charge in [0.2, 0.25) is 5.91 Å². The smallest absolute Gasteiger partial charge is 0.234 e. The number of hydrogen-bond acceptors (Lipinski definition) is 6. The second-order valence-electron chi connectivity index (χ2n) is 6.20. The minimum atomic E-state index is -0.0445. The molecule has 1 amide bonds. The molecule has 1 aliphatic heterocycles. The number of anilines is 1. The minimum absolute atomic E-state index is 0.0445. The number of fused-ring (bicyclic) bond motifs is 1. The van der Waals surface area contributed by atoms with Crippen molar-refractivity contribution in [3.05, 3.63) is 35.7 Å². The summed E-state index contributed by atoms with van der Waals surface area (Å²) in [6, 6.07) is 7.32. The van der Waals surface area contributed by atoms with Gasteiger partial charge in [0, 0.05) is 22.4 Å². The SMILES string of the molecule is CC[C@H]1c2c(SCC(=O)Nc3ccc(OC)cc3)nc(C)nc2S[C@@H]1C. The quantitative estimate of drug-likeness (QED) is 0.579. The molecule has 2 atom stereocenters. The molecule has 1 aromatic carbocycles. The van der Waals surface area contributed by atoms with Gasteiger partial charge in [0.25, 0.3) is 0 Å². The van der Waals surface area contributed by atoms with Crippen molar-refractivity contribution in [2.75, 3.05) is 18.2 Å². The molecule has 3 rings (SSSR count). The maximum atomic E-state index is 12.3. The number of nitrogens with zero attached hydrogens (tertiary/aromatic N) is 2. The first-order valence-electron chi connectivity index (χ1n) is 8.63. The zero-order chi connectivity index (χ0) is 18.7. The van der Waals surface area contributed by atoms with Crippen molar-refractivity contribution in [3.8, 4) is 5.75 Å². The molecule has 0 radical (unpaired) electrons. The Bertz CT molecular complexity index is 796. The number of thioether (sulfide) groups is 2. The summed E-state index contributed by atoms with van der Waals surface area (Å²) in [5, 5.41) is 5.44. The van der Waals surface area contributed by atoms with Gasteiger partial charge < -0.3 is 10.1 Å². The molecule has 0 aliphatic carbocycles. The highest BCUT2D eigenvalue weighted by molar-refractivity contribution is 8.01. The predicted molar refractivity (Wildman–Crippen MR) is 107 cm³/mol. The van der Waals surface area contributed by atoms with Gasteiger partial charge in [-0.25, -0.2) is 9.97 Å². The highest BCUT2D eigenvalue weighted by atomic mass is 32.2. The third-order valence-corrected chi connectivity index (χ3v) is 6.60. The van der Waals surface area contributed by atoms with E-state index in [1.54, 1.807) is 7.11 Å². The first-order valence-corrected chi connectivity index (χ1v) is 10.5. The number of methoxy groups -OCH3 is 1. The van der Waals surface area contributed by atoms with Crippen molar-refractivity contribution in [2.24, 2.45) is 0 Å². The fourth-order valence-corrected chi connectivity index (χ4v) is 5.49. The first kappa shape index (κ1) is 19.0. The molecule has 0 bridgehead atoms. The number of nitrogens with one attached hydrogen (secondary N) is 1. The second-order valence-corrected chi connectivity index (χ2v) is 8.53. The number of rotatable bonds is 6. The number of carbonyl (C=O) groups excluding carboxylic acids is 1. The molecular formula is C19H23N3O2S2. The molecule has 0 spiro atoms. The van der Waals surface area contributed by atoms with Crippen molar-refractivity contribution < 1.29 is 9.53 Å². The Hall–Kier alpha value is -1.73. The minimum Gasteiger partial charge on any atom is -0.497 e. The summed E-state index contributed by atoms with van der Waals surface area (Å²) < 4.78 is 5.13. The Morgan fingerprint density at radius 2 is 2.04 bits per heavy atom. The standard InChI is InChI=1S/C19H23N3O2S2/c1-5-15-11(2)26-19-17(15)18(20-12(3)21-19)25-10-16(23)22-13-6-8-14(24-4)9-7-13/h6-9,11,15H,5,10H2,1-4H3,(H,22,23)/t11-,15-/m1/s1. The molecule has 7 heteroatoms. The van der Waals surface area contributed by atoms with Crippen LogP contribution in [0, 0.1) is 6.92 Å². The Labute approximate surface area is 162 Å². The fourth-order valence-electron chi connectivity index (χ4n) is 3.08. The van der Waals surface area contributed by atoms with Crippen LogP contribution in [-0.2, 0) is 4.79 Å². The van der Waals surface area contributed by atoms with E-state index in [1.807, 2.05) is 43.0 Å². The van der Waals surface area contributed by atoms with Gasteiger partial charge in [-0.3, -0.25) is 4.79 Å². The number of aryl methyl sites for hydroxylation is 1. The molecule has 2 aromatic rings. The molecule has 0 saturated carbocycles. The van der Waals surface area contributed by atoms with E-state index < -0.39 is 0 Å². The lowest BCUT2D eigenvalue weighted by Crippen LogP contribution is -2.15.